The average Bonchev–Trinajstić information content (AvgIpc) is 2.90. The van der Waals surface area contributed by atoms with Crippen LogP contribution in [-0.2, 0) is 6.61 Å². The van der Waals surface area contributed by atoms with Crippen molar-refractivity contribution in [3.63, 3.8) is 0 Å². The Kier molecular flexibility index (Phi) is 3.16. The van der Waals surface area contributed by atoms with Crippen molar-refractivity contribution in [2.45, 2.75) is 13.5 Å². The lowest BCUT2D eigenvalue weighted by atomic mass is 10.2. The predicted molar refractivity (Wildman–Crippen MR) is 74.8 cm³/mol. The number of nitrogens with one attached hydrogen (secondary N) is 1. The molecular formula is C15H13N3O2. The first kappa shape index (κ1) is 12.3. The van der Waals surface area contributed by atoms with Gasteiger partial charge in [0.25, 0.3) is 0 Å². The van der Waals surface area contributed by atoms with E-state index in [4.69, 9.17) is 4.74 Å². The minimum Gasteiger partial charge on any atom is -0.487 e. The summed E-state index contributed by atoms with van der Waals surface area (Å²) in [5, 5.41) is 0.719. The van der Waals surface area contributed by atoms with Gasteiger partial charge in [-0.05, 0) is 18.6 Å². The number of rotatable bonds is 4. The smallest absolute Gasteiger partial charge is 0.152 e. The molecule has 0 radical (unpaired) electrons. The number of aromatic nitrogens is 3. The second-order valence-electron chi connectivity index (χ2n) is 4.46. The molecule has 0 amide bonds. The molecule has 100 valence electrons. The van der Waals surface area contributed by atoms with Gasteiger partial charge < -0.3 is 9.72 Å². The number of aryl methyl sites for hydroxylation is 1. The summed E-state index contributed by atoms with van der Waals surface area (Å²) in [7, 11) is 0. The highest BCUT2D eigenvalue weighted by Gasteiger charge is 2.11. The van der Waals surface area contributed by atoms with Crippen molar-refractivity contribution in [3.8, 4) is 5.75 Å². The molecule has 5 heteroatoms. The number of carbonyl (C=O) groups excluding carboxylic acids is 1. The number of ether oxygens (including phenoxy) is 1. The fourth-order valence-corrected chi connectivity index (χ4v) is 2.12. The Bertz CT molecular complexity index is 765. The Morgan fingerprint density at radius 1 is 1.30 bits per heavy atom. The molecule has 1 N–H and O–H groups in total. The van der Waals surface area contributed by atoms with Gasteiger partial charge in [0.1, 0.15) is 24.3 Å². The van der Waals surface area contributed by atoms with E-state index in [0.717, 1.165) is 23.0 Å². The standard InChI is InChI=1S/C15H13N3O2/c1-10-4-2-3-5-13(10)20-8-12-14-11(7-19)6-16-15(14)18-9-17-12/h2-7,9H,8H2,1H3,(H,16,17,18). The minimum atomic E-state index is 0.294. The lowest BCUT2D eigenvalue weighted by Crippen LogP contribution is -2.01. The molecule has 3 aromatic rings. The molecule has 0 atom stereocenters. The van der Waals surface area contributed by atoms with Crippen molar-refractivity contribution < 1.29 is 9.53 Å². The highest BCUT2D eigenvalue weighted by molar-refractivity contribution is 5.96. The zero-order valence-corrected chi connectivity index (χ0v) is 11.0. The Balaban J connectivity index is 1.93. The van der Waals surface area contributed by atoms with Gasteiger partial charge in [-0.15, -0.1) is 0 Å². The van der Waals surface area contributed by atoms with Gasteiger partial charge in [-0.2, -0.15) is 0 Å². The third-order valence-electron chi connectivity index (χ3n) is 3.16. The van der Waals surface area contributed by atoms with E-state index in [0.29, 0.717) is 23.5 Å². The first-order valence-corrected chi connectivity index (χ1v) is 6.24. The number of carbonyl (C=O) groups is 1. The Labute approximate surface area is 115 Å². The van der Waals surface area contributed by atoms with Gasteiger partial charge in [-0.1, -0.05) is 18.2 Å². The highest BCUT2D eigenvalue weighted by Crippen LogP contribution is 2.21. The van der Waals surface area contributed by atoms with Crippen LogP contribution < -0.4 is 4.74 Å². The normalized spacial score (nSPS) is 10.7. The Hall–Kier alpha value is -2.69. The van der Waals surface area contributed by atoms with Gasteiger partial charge in [0.15, 0.2) is 6.29 Å². The van der Waals surface area contributed by atoms with E-state index < -0.39 is 0 Å². The van der Waals surface area contributed by atoms with Crippen molar-refractivity contribution in [1.82, 2.24) is 15.0 Å². The SMILES string of the molecule is Cc1ccccc1OCc1ncnc2[nH]cc(C=O)c12. The summed E-state index contributed by atoms with van der Waals surface area (Å²) < 4.78 is 5.78. The quantitative estimate of drug-likeness (QED) is 0.738. The van der Waals surface area contributed by atoms with Crippen LogP contribution in [0.5, 0.6) is 5.75 Å². The van der Waals surface area contributed by atoms with Crippen LogP contribution in [0.4, 0.5) is 0 Å². The molecule has 0 aliphatic heterocycles. The van der Waals surface area contributed by atoms with Crippen LogP contribution >= 0.6 is 0 Å². The van der Waals surface area contributed by atoms with E-state index in [1.165, 1.54) is 6.33 Å². The van der Waals surface area contributed by atoms with Gasteiger partial charge >= 0.3 is 0 Å². The second kappa shape index (κ2) is 5.13. The first-order valence-electron chi connectivity index (χ1n) is 6.24. The van der Waals surface area contributed by atoms with Gasteiger partial charge in [-0.25, -0.2) is 9.97 Å². The fourth-order valence-electron chi connectivity index (χ4n) is 2.12. The van der Waals surface area contributed by atoms with Crippen LogP contribution in [0, 0.1) is 6.92 Å². The van der Waals surface area contributed by atoms with Gasteiger partial charge in [0, 0.05) is 11.8 Å². The van der Waals surface area contributed by atoms with E-state index in [-0.39, 0.29) is 0 Å². The number of benzene rings is 1. The molecule has 5 nitrogen and oxygen atoms in total. The maximum Gasteiger partial charge on any atom is 0.152 e. The summed E-state index contributed by atoms with van der Waals surface area (Å²) in [4.78, 5) is 22.3. The molecule has 0 bridgehead atoms. The van der Waals surface area contributed by atoms with Crippen LogP contribution in [0.2, 0.25) is 0 Å². The number of hydrogen-bond donors (Lipinski definition) is 1. The lowest BCUT2D eigenvalue weighted by Gasteiger charge is -2.09. The summed E-state index contributed by atoms with van der Waals surface area (Å²) in [5.41, 5.74) is 2.94. The third-order valence-corrected chi connectivity index (χ3v) is 3.16. The van der Waals surface area contributed by atoms with Crippen LogP contribution in [-0.4, -0.2) is 21.2 Å². The zero-order chi connectivity index (χ0) is 13.9. The van der Waals surface area contributed by atoms with Crippen molar-refractivity contribution >= 4 is 17.3 Å². The van der Waals surface area contributed by atoms with Crippen molar-refractivity contribution in [2.24, 2.45) is 0 Å². The molecule has 1 aromatic carbocycles. The Morgan fingerprint density at radius 2 is 2.15 bits per heavy atom. The van der Waals surface area contributed by atoms with Crippen molar-refractivity contribution in [1.29, 1.82) is 0 Å². The monoisotopic (exact) mass is 267 g/mol. The van der Waals surface area contributed by atoms with E-state index >= 15 is 0 Å². The number of aldehydes is 1. The summed E-state index contributed by atoms with van der Waals surface area (Å²) in [6.07, 6.45) is 3.88. The maximum atomic E-state index is 11.0. The van der Waals surface area contributed by atoms with Crippen LogP contribution in [0.25, 0.3) is 11.0 Å². The number of nitrogens with zero attached hydrogens (tertiary/aromatic N) is 2. The largest absolute Gasteiger partial charge is 0.487 e. The lowest BCUT2D eigenvalue weighted by molar-refractivity contribution is 0.112. The van der Waals surface area contributed by atoms with E-state index in [1.54, 1.807) is 6.20 Å². The predicted octanol–water partition coefficient (Wildman–Crippen LogP) is 2.66. The summed E-state index contributed by atoms with van der Waals surface area (Å²) in [6, 6.07) is 7.77. The minimum absolute atomic E-state index is 0.294. The topological polar surface area (TPSA) is 67.9 Å². The highest BCUT2D eigenvalue weighted by atomic mass is 16.5. The van der Waals surface area contributed by atoms with Crippen LogP contribution in [0.3, 0.4) is 0 Å². The molecular weight excluding hydrogens is 254 g/mol. The van der Waals surface area contributed by atoms with Crippen LogP contribution in [0.15, 0.2) is 36.8 Å². The van der Waals surface area contributed by atoms with Crippen molar-refractivity contribution in [3.05, 3.63) is 53.6 Å². The molecule has 0 saturated heterocycles. The summed E-state index contributed by atoms with van der Waals surface area (Å²) in [5.74, 6) is 0.808. The first-order chi connectivity index (χ1) is 9.79. The molecule has 0 unspecified atom stereocenters. The zero-order valence-electron chi connectivity index (χ0n) is 11.0. The van der Waals surface area contributed by atoms with Crippen molar-refractivity contribution in [2.75, 3.05) is 0 Å². The molecule has 2 aromatic heterocycles. The number of para-hydroxylation sites is 1. The number of aromatic amines is 1. The molecule has 0 spiro atoms. The second-order valence-corrected chi connectivity index (χ2v) is 4.46. The molecule has 0 aliphatic rings. The van der Waals surface area contributed by atoms with Gasteiger partial charge in [0.2, 0.25) is 0 Å². The number of hydrogen-bond acceptors (Lipinski definition) is 4. The average molecular weight is 267 g/mol. The van der Waals surface area contributed by atoms with Crippen LogP contribution in [0.1, 0.15) is 21.6 Å². The fraction of sp³-hybridized carbons (Fsp3) is 0.133. The molecule has 0 fully saturated rings. The Morgan fingerprint density at radius 3 is 2.95 bits per heavy atom. The van der Waals surface area contributed by atoms with Gasteiger partial charge in [-0.3, -0.25) is 4.79 Å². The molecule has 20 heavy (non-hydrogen) atoms. The van der Waals surface area contributed by atoms with Gasteiger partial charge in [0.05, 0.1) is 11.1 Å². The van der Waals surface area contributed by atoms with E-state index in [1.807, 2.05) is 31.2 Å². The third kappa shape index (κ3) is 2.14. The maximum absolute atomic E-state index is 11.0. The number of fused-ring (bicyclic) bond motifs is 1. The van der Waals surface area contributed by atoms with E-state index in [2.05, 4.69) is 15.0 Å². The summed E-state index contributed by atoms with van der Waals surface area (Å²) in [6.45, 7) is 2.28. The van der Waals surface area contributed by atoms with E-state index in [9.17, 15) is 4.79 Å². The summed E-state index contributed by atoms with van der Waals surface area (Å²) >= 11 is 0. The molecule has 0 saturated carbocycles. The molecule has 0 aliphatic carbocycles. The number of H-pyrrole nitrogens is 1. The molecule has 3 rings (SSSR count). The molecule has 2 heterocycles.